The van der Waals surface area contributed by atoms with E-state index in [4.69, 9.17) is 4.74 Å². The molecule has 0 aliphatic carbocycles. The quantitative estimate of drug-likeness (QED) is 0.812. The summed E-state index contributed by atoms with van der Waals surface area (Å²) in [5.41, 5.74) is 0. The first kappa shape index (κ1) is 18.4. The molecule has 1 amide bonds. The molecule has 1 atom stereocenters. The van der Waals surface area contributed by atoms with Gasteiger partial charge in [0.1, 0.15) is 9.96 Å². The summed E-state index contributed by atoms with van der Waals surface area (Å²) in [6, 6.07) is 12.3. The summed E-state index contributed by atoms with van der Waals surface area (Å²) in [5, 5.41) is 2.75. The molecule has 1 aromatic heterocycles. The standard InChI is InChI=1S/C16H20N2O4S2/c1-12(22-13-7-5-4-6-8-13)16(19)17-11-14-9-10-15(23-14)24(20,21)18(2)3/h4-10,12H,11H2,1-3H3,(H,17,19)/t12-/m1/s1. The molecule has 0 saturated heterocycles. The molecule has 1 heterocycles. The number of rotatable bonds is 7. The molecule has 2 rings (SSSR count). The van der Waals surface area contributed by atoms with E-state index in [1.54, 1.807) is 31.2 Å². The number of nitrogens with one attached hydrogen (secondary N) is 1. The van der Waals surface area contributed by atoms with Gasteiger partial charge in [0.15, 0.2) is 6.10 Å². The van der Waals surface area contributed by atoms with E-state index in [-0.39, 0.29) is 16.7 Å². The Bertz CT molecular complexity index is 785. The van der Waals surface area contributed by atoms with E-state index >= 15 is 0 Å². The van der Waals surface area contributed by atoms with Gasteiger partial charge in [0.25, 0.3) is 15.9 Å². The van der Waals surface area contributed by atoms with Crippen molar-refractivity contribution in [3.8, 4) is 5.75 Å². The van der Waals surface area contributed by atoms with Crippen molar-refractivity contribution < 1.29 is 17.9 Å². The zero-order chi connectivity index (χ0) is 17.7. The highest BCUT2D eigenvalue weighted by Gasteiger charge is 2.20. The molecule has 2 aromatic rings. The number of carbonyl (C=O) groups excluding carboxylic acids is 1. The summed E-state index contributed by atoms with van der Waals surface area (Å²) in [5.74, 6) is 0.361. The Morgan fingerprint density at radius 3 is 2.50 bits per heavy atom. The van der Waals surface area contributed by atoms with Crippen LogP contribution < -0.4 is 10.1 Å². The highest BCUT2D eigenvalue weighted by atomic mass is 32.2. The molecule has 24 heavy (non-hydrogen) atoms. The van der Waals surface area contributed by atoms with Gasteiger partial charge in [0.2, 0.25) is 0 Å². The molecule has 0 saturated carbocycles. The Balaban J connectivity index is 1.91. The van der Waals surface area contributed by atoms with Crippen LogP contribution in [0.25, 0.3) is 0 Å². The summed E-state index contributed by atoms with van der Waals surface area (Å²) >= 11 is 1.14. The number of ether oxygens (including phenoxy) is 1. The van der Waals surface area contributed by atoms with Crippen LogP contribution in [0.1, 0.15) is 11.8 Å². The Hall–Kier alpha value is -1.90. The predicted octanol–water partition coefficient (Wildman–Crippen LogP) is 2.08. The van der Waals surface area contributed by atoms with Crippen LogP contribution in [0.3, 0.4) is 0 Å². The van der Waals surface area contributed by atoms with E-state index in [9.17, 15) is 13.2 Å². The third-order valence-electron chi connectivity index (χ3n) is 3.23. The minimum atomic E-state index is -3.44. The van der Waals surface area contributed by atoms with E-state index in [1.807, 2.05) is 18.2 Å². The van der Waals surface area contributed by atoms with Crippen molar-refractivity contribution in [3.63, 3.8) is 0 Å². The van der Waals surface area contributed by atoms with E-state index in [0.29, 0.717) is 5.75 Å². The Morgan fingerprint density at radius 2 is 1.88 bits per heavy atom. The summed E-state index contributed by atoms with van der Waals surface area (Å²) in [7, 11) is -0.467. The Labute approximate surface area is 146 Å². The minimum Gasteiger partial charge on any atom is -0.481 e. The number of amides is 1. The molecular weight excluding hydrogens is 348 g/mol. The van der Waals surface area contributed by atoms with Gasteiger partial charge in [0, 0.05) is 19.0 Å². The fourth-order valence-corrected chi connectivity index (χ4v) is 4.31. The Morgan fingerprint density at radius 1 is 1.21 bits per heavy atom. The molecule has 0 unspecified atom stereocenters. The average molecular weight is 368 g/mol. The van der Waals surface area contributed by atoms with Crippen LogP contribution in [0.2, 0.25) is 0 Å². The number of nitrogens with zero attached hydrogens (tertiary/aromatic N) is 1. The van der Waals surface area contributed by atoms with Crippen molar-refractivity contribution in [3.05, 3.63) is 47.3 Å². The van der Waals surface area contributed by atoms with Crippen LogP contribution in [0.15, 0.2) is 46.7 Å². The average Bonchev–Trinajstić information content (AvgIpc) is 3.03. The normalized spacial score (nSPS) is 12.8. The van der Waals surface area contributed by atoms with E-state index in [0.717, 1.165) is 20.5 Å². The zero-order valence-corrected chi connectivity index (χ0v) is 15.4. The third kappa shape index (κ3) is 4.56. The number of para-hydroxylation sites is 1. The molecule has 0 aliphatic heterocycles. The molecule has 0 spiro atoms. The number of benzene rings is 1. The molecule has 1 N–H and O–H groups in total. The van der Waals surface area contributed by atoms with Gasteiger partial charge in [0.05, 0.1) is 6.54 Å². The third-order valence-corrected chi connectivity index (χ3v) is 6.60. The number of sulfonamides is 1. The topological polar surface area (TPSA) is 75.7 Å². The van der Waals surface area contributed by atoms with Crippen molar-refractivity contribution in [2.24, 2.45) is 0 Å². The van der Waals surface area contributed by atoms with Gasteiger partial charge in [-0.15, -0.1) is 11.3 Å². The van der Waals surface area contributed by atoms with Crippen molar-refractivity contribution in [2.45, 2.75) is 23.8 Å². The molecule has 8 heteroatoms. The summed E-state index contributed by atoms with van der Waals surface area (Å²) < 4.78 is 31.0. The van der Waals surface area contributed by atoms with Gasteiger partial charge < -0.3 is 10.1 Å². The van der Waals surface area contributed by atoms with Gasteiger partial charge in [-0.3, -0.25) is 4.79 Å². The van der Waals surface area contributed by atoms with Crippen molar-refractivity contribution in [1.29, 1.82) is 0 Å². The molecule has 130 valence electrons. The van der Waals surface area contributed by atoms with Crippen LogP contribution in [-0.2, 0) is 21.4 Å². The first-order chi connectivity index (χ1) is 11.3. The Kier molecular flexibility index (Phi) is 5.98. The van der Waals surface area contributed by atoms with Crippen LogP contribution in [0.5, 0.6) is 5.75 Å². The largest absolute Gasteiger partial charge is 0.481 e. The van der Waals surface area contributed by atoms with Gasteiger partial charge >= 0.3 is 0 Å². The SMILES string of the molecule is C[C@@H](Oc1ccccc1)C(=O)NCc1ccc(S(=O)(=O)N(C)C)s1. The number of carbonyl (C=O) groups is 1. The molecule has 1 aromatic carbocycles. The molecular formula is C16H20N2O4S2. The van der Waals surface area contributed by atoms with Gasteiger partial charge in [-0.1, -0.05) is 18.2 Å². The van der Waals surface area contributed by atoms with Crippen molar-refractivity contribution in [1.82, 2.24) is 9.62 Å². The second kappa shape index (κ2) is 7.78. The van der Waals surface area contributed by atoms with Crippen molar-refractivity contribution >= 4 is 27.3 Å². The lowest BCUT2D eigenvalue weighted by molar-refractivity contribution is -0.127. The maximum Gasteiger partial charge on any atom is 0.261 e. The lowest BCUT2D eigenvalue weighted by atomic mass is 10.3. The predicted molar refractivity (Wildman–Crippen MR) is 93.6 cm³/mol. The summed E-state index contributed by atoms with van der Waals surface area (Å²) in [4.78, 5) is 12.8. The minimum absolute atomic E-state index is 0.255. The zero-order valence-electron chi connectivity index (χ0n) is 13.7. The lowest BCUT2D eigenvalue weighted by Crippen LogP contribution is -2.35. The molecule has 0 bridgehead atoms. The van der Waals surface area contributed by atoms with E-state index in [1.165, 1.54) is 14.1 Å². The van der Waals surface area contributed by atoms with E-state index < -0.39 is 16.1 Å². The lowest BCUT2D eigenvalue weighted by Gasteiger charge is -2.14. The van der Waals surface area contributed by atoms with Gasteiger partial charge in [-0.2, -0.15) is 0 Å². The number of hydrogen-bond donors (Lipinski definition) is 1. The van der Waals surface area contributed by atoms with Crippen LogP contribution in [-0.4, -0.2) is 38.8 Å². The monoisotopic (exact) mass is 368 g/mol. The van der Waals surface area contributed by atoms with Crippen molar-refractivity contribution in [2.75, 3.05) is 14.1 Å². The number of hydrogen-bond acceptors (Lipinski definition) is 5. The first-order valence-corrected chi connectivity index (χ1v) is 9.57. The maximum absolute atomic E-state index is 12.1. The maximum atomic E-state index is 12.1. The smallest absolute Gasteiger partial charge is 0.261 e. The van der Waals surface area contributed by atoms with Crippen LogP contribution in [0, 0.1) is 0 Å². The number of thiophene rings is 1. The molecule has 0 aliphatic rings. The molecule has 6 nitrogen and oxygen atoms in total. The fourth-order valence-electron chi connectivity index (χ4n) is 1.85. The second-order valence-electron chi connectivity index (χ2n) is 5.30. The van der Waals surface area contributed by atoms with Crippen LogP contribution >= 0.6 is 11.3 Å². The molecule has 0 fully saturated rings. The summed E-state index contributed by atoms with van der Waals surface area (Å²) in [6.07, 6.45) is -0.641. The summed E-state index contributed by atoms with van der Waals surface area (Å²) in [6.45, 7) is 1.92. The highest BCUT2D eigenvalue weighted by Crippen LogP contribution is 2.23. The van der Waals surface area contributed by atoms with Gasteiger partial charge in [-0.05, 0) is 31.2 Å². The highest BCUT2D eigenvalue weighted by molar-refractivity contribution is 7.91. The van der Waals surface area contributed by atoms with Crippen LogP contribution in [0.4, 0.5) is 0 Å². The second-order valence-corrected chi connectivity index (χ2v) is 8.85. The first-order valence-electron chi connectivity index (χ1n) is 7.31. The fraction of sp³-hybridized carbons (Fsp3) is 0.312. The van der Waals surface area contributed by atoms with Gasteiger partial charge in [-0.25, -0.2) is 12.7 Å². The van der Waals surface area contributed by atoms with E-state index in [2.05, 4.69) is 5.32 Å². The molecule has 0 radical (unpaired) electrons.